The number of ether oxygens (including phenoxy) is 4. The molecule has 1 heterocycles. The third-order valence-electron chi connectivity index (χ3n) is 3.85. The fourth-order valence-electron chi connectivity index (χ4n) is 2.77. The van der Waals surface area contributed by atoms with E-state index in [1.807, 2.05) is 6.07 Å². The minimum absolute atomic E-state index is 0.0456. The van der Waals surface area contributed by atoms with Crippen molar-refractivity contribution in [2.24, 2.45) is 5.73 Å². The Bertz CT molecular complexity index is 884. The molecule has 1 aromatic carbocycles. The molecule has 0 spiro atoms. The van der Waals surface area contributed by atoms with Gasteiger partial charge in [0.1, 0.15) is 17.4 Å². The van der Waals surface area contributed by atoms with E-state index >= 15 is 0 Å². The fourth-order valence-corrected chi connectivity index (χ4v) is 2.77. The first-order valence-corrected chi connectivity index (χ1v) is 8.02. The van der Waals surface area contributed by atoms with Gasteiger partial charge in [0.05, 0.1) is 25.2 Å². The topological polar surface area (TPSA) is 104 Å². The zero-order valence-corrected chi connectivity index (χ0v) is 15.2. The number of hydrogen-bond donors (Lipinski definition) is 1. The van der Waals surface area contributed by atoms with E-state index in [0.29, 0.717) is 0 Å². The van der Waals surface area contributed by atoms with E-state index in [2.05, 4.69) is 4.74 Å². The Morgan fingerprint density at radius 2 is 2.04 bits per heavy atom. The molecule has 0 radical (unpaired) electrons. The third kappa shape index (κ3) is 4.31. The molecule has 1 unspecified atom stereocenters. The van der Waals surface area contributed by atoms with Gasteiger partial charge >= 0.3 is 12.3 Å². The van der Waals surface area contributed by atoms with Crippen molar-refractivity contribution < 1.29 is 36.9 Å². The highest BCUT2D eigenvalue weighted by Crippen LogP contribution is 2.43. The number of carbonyl (C=O) groups excluding carboxylic acids is 1. The van der Waals surface area contributed by atoms with Crippen LogP contribution in [-0.4, -0.2) is 26.0 Å². The lowest BCUT2D eigenvalue weighted by atomic mass is 9.83. The van der Waals surface area contributed by atoms with Crippen LogP contribution in [0, 0.1) is 11.3 Å². The van der Waals surface area contributed by atoms with Gasteiger partial charge in [-0.05, 0) is 31.5 Å². The van der Waals surface area contributed by atoms with Crippen LogP contribution in [-0.2, 0) is 14.3 Å². The number of hydrogen-bond acceptors (Lipinski definition) is 7. The zero-order chi connectivity index (χ0) is 21.1. The molecule has 0 saturated carbocycles. The van der Waals surface area contributed by atoms with Crippen molar-refractivity contribution >= 4 is 5.97 Å². The molecule has 2 rings (SSSR count). The van der Waals surface area contributed by atoms with Gasteiger partial charge in [-0.3, -0.25) is 0 Å². The van der Waals surface area contributed by atoms with Gasteiger partial charge in [0.25, 0.3) is 0 Å². The third-order valence-corrected chi connectivity index (χ3v) is 3.85. The van der Waals surface area contributed by atoms with Gasteiger partial charge < -0.3 is 24.7 Å². The number of nitrogens with two attached hydrogens (primary N) is 1. The minimum Gasteiger partial charge on any atom is -0.493 e. The SMILES string of the molecule is CCOC(=O)C1=C(C)OC(N)=C(C#N)C1c1ccc(OC)c(OC(F)(F)F)c1. The first-order valence-electron chi connectivity index (χ1n) is 8.02. The maximum Gasteiger partial charge on any atom is 0.573 e. The van der Waals surface area contributed by atoms with Crippen LogP contribution in [0.4, 0.5) is 13.2 Å². The number of benzene rings is 1. The van der Waals surface area contributed by atoms with E-state index in [9.17, 15) is 23.2 Å². The molecule has 0 fully saturated rings. The van der Waals surface area contributed by atoms with Gasteiger partial charge in [0.15, 0.2) is 11.5 Å². The summed E-state index contributed by atoms with van der Waals surface area (Å²) in [6.07, 6.45) is -4.97. The van der Waals surface area contributed by atoms with Gasteiger partial charge in [-0.1, -0.05) is 6.07 Å². The van der Waals surface area contributed by atoms with Crippen LogP contribution in [0.2, 0.25) is 0 Å². The van der Waals surface area contributed by atoms with Crippen molar-refractivity contribution in [3.63, 3.8) is 0 Å². The average molecular weight is 398 g/mol. The van der Waals surface area contributed by atoms with Crippen LogP contribution < -0.4 is 15.2 Å². The monoisotopic (exact) mass is 398 g/mol. The molecule has 0 bridgehead atoms. The average Bonchev–Trinajstić information content (AvgIpc) is 2.59. The molecule has 1 aliphatic rings. The Labute approximate surface area is 158 Å². The first kappa shape index (κ1) is 21.0. The number of halogens is 3. The second-order valence-corrected chi connectivity index (χ2v) is 5.57. The van der Waals surface area contributed by atoms with Crippen molar-refractivity contribution in [1.82, 2.24) is 0 Å². The van der Waals surface area contributed by atoms with E-state index in [1.165, 1.54) is 26.2 Å². The van der Waals surface area contributed by atoms with Gasteiger partial charge in [-0.15, -0.1) is 13.2 Å². The summed E-state index contributed by atoms with van der Waals surface area (Å²) in [6, 6.07) is 5.50. The number of carbonyl (C=O) groups is 1. The smallest absolute Gasteiger partial charge is 0.493 e. The number of alkyl halides is 3. The molecule has 0 aromatic heterocycles. The summed E-state index contributed by atoms with van der Waals surface area (Å²) in [5.41, 5.74) is 5.71. The van der Waals surface area contributed by atoms with E-state index in [0.717, 1.165) is 6.07 Å². The Balaban J connectivity index is 2.65. The van der Waals surface area contributed by atoms with E-state index in [1.54, 1.807) is 6.92 Å². The second-order valence-electron chi connectivity index (χ2n) is 5.57. The molecule has 2 N–H and O–H groups in total. The number of allylic oxidation sites excluding steroid dienone is 2. The lowest BCUT2D eigenvalue weighted by Gasteiger charge is -2.27. The summed E-state index contributed by atoms with van der Waals surface area (Å²) in [5.74, 6) is -2.86. The van der Waals surface area contributed by atoms with Gasteiger partial charge in [-0.2, -0.15) is 5.26 Å². The largest absolute Gasteiger partial charge is 0.573 e. The summed E-state index contributed by atoms with van der Waals surface area (Å²) in [5, 5.41) is 9.49. The van der Waals surface area contributed by atoms with Crippen molar-refractivity contribution in [2.75, 3.05) is 13.7 Å². The molecule has 1 aliphatic heterocycles. The lowest BCUT2D eigenvalue weighted by molar-refractivity contribution is -0.275. The maximum atomic E-state index is 12.7. The predicted molar refractivity (Wildman–Crippen MR) is 89.7 cm³/mol. The Morgan fingerprint density at radius 1 is 1.36 bits per heavy atom. The number of methoxy groups -OCH3 is 1. The van der Waals surface area contributed by atoms with Crippen LogP contribution in [0.3, 0.4) is 0 Å². The molecule has 1 atom stereocenters. The van der Waals surface area contributed by atoms with Gasteiger partial charge in [0.2, 0.25) is 5.88 Å². The molecule has 0 aliphatic carbocycles. The summed E-state index contributed by atoms with van der Waals surface area (Å²) >= 11 is 0. The molecule has 7 nitrogen and oxygen atoms in total. The highest BCUT2D eigenvalue weighted by Gasteiger charge is 2.38. The number of rotatable bonds is 5. The zero-order valence-electron chi connectivity index (χ0n) is 15.2. The van der Waals surface area contributed by atoms with Gasteiger partial charge in [-0.25, -0.2) is 4.79 Å². The predicted octanol–water partition coefficient (Wildman–Crippen LogP) is 3.24. The molecule has 150 valence electrons. The number of nitrogens with zero attached hydrogens (tertiary/aromatic N) is 1. The van der Waals surface area contributed by atoms with E-state index < -0.39 is 24.0 Å². The van der Waals surface area contributed by atoms with Crippen molar-refractivity contribution in [3.05, 3.63) is 46.6 Å². The van der Waals surface area contributed by atoms with Crippen molar-refractivity contribution in [2.45, 2.75) is 26.1 Å². The Kier molecular flexibility index (Phi) is 6.08. The first-order chi connectivity index (χ1) is 13.1. The molecule has 1 aromatic rings. The highest BCUT2D eigenvalue weighted by atomic mass is 19.4. The van der Waals surface area contributed by atoms with Crippen molar-refractivity contribution in [3.8, 4) is 17.6 Å². The summed E-state index contributed by atoms with van der Waals surface area (Å²) < 4.78 is 57.4. The summed E-state index contributed by atoms with van der Waals surface area (Å²) in [7, 11) is 1.18. The minimum atomic E-state index is -4.97. The van der Waals surface area contributed by atoms with Crippen molar-refractivity contribution in [1.29, 1.82) is 5.26 Å². The Hall–Kier alpha value is -3.35. The molecule has 0 amide bonds. The standard InChI is InChI=1S/C18H17F3N2O5/c1-4-26-17(24)14-9(2)27-16(23)11(8-22)15(14)10-5-6-12(25-3)13(7-10)28-18(19,20)21/h5-7,15H,4,23H2,1-3H3. The molecular weight excluding hydrogens is 381 g/mol. The van der Waals surface area contributed by atoms with Crippen LogP contribution >= 0.6 is 0 Å². The Morgan fingerprint density at radius 3 is 2.57 bits per heavy atom. The van der Waals surface area contributed by atoms with E-state index in [4.69, 9.17) is 19.9 Å². The number of esters is 1. The van der Waals surface area contributed by atoms with E-state index in [-0.39, 0.29) is 40.7 Å². The molecule has 0 saturated heterocycles. The molecular formula is C18H17F3N2O5. The lowest BCUT2D eigenvalue weighted by Crippen LogP contribution is -2.25. The van der Waals surface area contributed by atoms with Gasteiger partial charge in [0, 0.05) is 0 Å². The fraction of sp³-hybridized carbons (Fsp3) is 0.333. The summed E-state index contributed by atoms with van der Waals surface area (Å²) in [6.45, 7) is 3.08. The molecule has 10 heteroatoms. The quantitative estimate of drug-likeness (QED) is 0.760. The number of nitriles is 1. The molecule has 28 heavy (non-hydrogen) atoms. The van der Waals surface area contributed by atoms with Crippen LogP contribution in [0.5, 0.6) is 11.5 Å². The second kappa shape index (κ2) is 8.12. The van der Waals surface area contributed by atoms with Crippen LogP contribution in [0.25, 0.3) is 0 Å². The summed E-state index contributed by atoms with van der Waals surface area (Å²) in [4.78, 5) is 12.4. The maximum absolute atomic E-state index is 12.7. The highest BCUT2D eigenvalue weighted by molar-refractivity contribution is 5.92. The van der Waals surface area contributed by atoms with Crippen LogP contribution in [0.1, 0.15) is 25.3 Å². The van der Waals surface area contributed by atoms with Crippen LogP contribution in [0.15, 0.2) is 41.0 Å². The normalized spacial score (nSPS) is 17.0.